The molecule has 0 saturated carbocycles. The largest absolute Gasteiger partial charge is 0.462 e. The third-order valence-electron chi connectivity index (χ3n) is 4.05. The number of esters is 1. The average Bonchev–Trinajstić information content (AvgIpc) is 2.48. The van der Waals surface area contributed by atoms with Gasteiger partial charge in [-0.15, -0.1) is 0 Å². The molecule has 2 N–H and O–H groups in total. The third kappa shape index (κ3) is 3.47. The van der Waals surface area contributed by atoms with Crippen molar-refractivity contribution in [3.63, 3.8) is 0 Å². The molecule has 5 heteroatoms. The van der Waals surface area contributed by atoms with Crippen molar-refractivity contribution in [2.24, 2.45) is 0 Å². The van der Waals surface area contributed by atoms with E-state index in [4.69, 9.17) is 10.5 Å². The highest BCUT2D eigenvalue weighted by Gasteiger charge is 2.24. The molecule has 2 rings (SSSR count). The minimum atomic E-state index is -0.293. The van der Waals surface area contributed by atoms with E-state index in [2.05, 4.69) is 23.6 Å². The first-order valence-corrected chi connectivity index (χ1v) is 7.62. The molecule has 1 aliphatic heterocycles. The van der Waals surface area contributed by atoms with E-state index < -0.39 is 0 Å². The molecule has 1 atom stereocenters. The summed E-state index contributed by atoms with van der Waals surface area (Å²) in [7, 11) is 0. The molecule has 0 radical (unpaired) electrons. The summed E-state index contributed by atoms with van der Waals surface area (Å²) < 4.78 is 5.06. The maximum absolute atomic E-state index is 11.9. The molecule has 1 fully saturated rings. The van der Waals surface area contributed by atoms with Crippen LogP contribution in [0.3, 0.4) is 0 Å². The van der Waals surface area contributed by atoms with Gasteiger partial charge in [0.05, 0.1) is 23.5 Å². The van der Waals surface area contributed by atoms with Crippen LogP contribution in [0.5, 0.6) is 0 Å². The third-order valence-corrected chi connectivity index (χ3v) is 4.05. The number of carbonyl (C=O) groups excluding carboxylic acids is 1. The maximum atomic E-state index is 11.9. The zero-order valence-corrected chi connectivity index (χ0v) is 13.1. The Morgan fingerprint density at radius 3 is 2.76 bits per heavy atom. The van der Waals surface area contributed by atoms with Crippen molar-refractivity contribution in [3.05, 3.63) is 23.8 Å². The summed E-state index contributed by atoms with van der Waals surface area (Å²) >= 11 is 0. The molecule has 1 heterocycles. The summed E-state index contributed by atoms with van der Waals surface area (Å²) in [6.45, 7) is 10.5. The lowest BCUT2D eigenvalue weighted by atomic mass is 10.1. The molecule has 1 unspecified atom stereocenters. The van der Waals surface area contributed by atoms with Crippen LogP contribution in [0.15, 0.2) is 18.2 Å². The standard InChI is InChI=1S/C16H25N3O2/c1-4-18-8-9-19(11-12(18)3)15-10-13(6-7-14(15)17)16(20)21-5-2/h6-7,10,12H,4-5,8-9,11,17H2,1-3H3. The molecule has 5 nitrogen and oxygen atoms in total. The van der Waals surface area contributed by atoms with Crippen molar-refractivity contribution in [2.45, 2.75) is 26.8 Å². The fourth-order valence-corrected chi connectivity index (χ4v) is 2.84. The number of nitrogen functional groups attached to an aromatic ring is 1. The molecule has 0 aromatic heterocycles. The van der Waals surface area contributed by atoms with E-state index in [0.29, 0.717) is 23.9 Å². The second-order valence-electron chi connectivity index (χ2n) is 5.42. The van der Waals surface area contributed by atoms with Crippen molar-refractivity contribution in [3.8, 4) is 0 Å². The first-order chi connectivity index (χ1) is 10.1. The average molecular weight is 291 g/mol. The summed E-state index contributed by atoms with van der Waals surface area (Å²) in [6.07, 6.45) is 0. The second kappa shape index (κ2) is 6.80. The van der Waals surface area contributed by atoms with Crippen molar-refractivity contribution in [1.82, 2.24) is 4.90 Å². The van der Waals surface area contributed by atoms with E-state index in [-0.39, 0.29) is 5.97 Å². The lowest BCUT2D eigenvalue weighted by Crippen LogP contribution is -2.51. The Balaban J connectivity index is 2.19. The van der Waals surface area contributed by atoms with Gasteiger partial charge in [0.15, 0.2) is 0 Å². The number of hydrogen-bond acceptors (Lipinski definition) is 5. The highest BCUT2D eigenvalue weighted by Crippen LogP contribution is 2.27. The maximum Gasteiger partial charge on any atom is 0.338 e. The van der Waals surface area contributed by atoms with Gasteiger partial charge in [-0.3, -0.25) is 4.90 Å². The highest BCUT2D eigenvalue weighted by molar-refractivity contribution is 5.92. The number of anilines is 2. The molecule has 1 aromatic rings. The van der Waals surface area contributed by atoms with Crippen LogP contribution < -0.4 is 10.6 Å². The zero-order valence-electron chi connectivity index (χ0n) is 13.1. The highest BCUT2D eigenvalue weighted by atomic mass is 16.5. The predicted molar refractivity (Wildman–Crippen MR) is 85.7 cm³/mol. The lowest BCUT2D eigenvalue weighted by molar-refractivity contribution is 0.0526. The van der Waals surface area contributed by atoms with Crippen molar-refractivity contribution < 1.29 is 9.53 Å². The number of hydrogen-bond donors (Lipinski definition) is 1. The van der Waals surface area contributed by atoms with Gasteiger partial charge in [-0.2, -0.15) is 0 Å². The van der Waals surface area contributed by atoms with E-state index in [0.717, 1.165) is 31.9 Å². The van der Waals surface area contributed by atoms with Crippen LogP contribution in [-0.4, -0.2) is 49.7 Å². The number of carbonyl (C=O) groups is 1. The van der Waals surface area contributed by atoms with Gasteiger partial charge in [0, 0.05) is 25.7 Å². The second-order valence-corrected chi connectivity index (χ2v) is 5.42. The topological polar surface area (TPSA) is 58.8 Å². The van der Waals surface area contributed by atoms with Gasteiger partial charge in [-0.1, -0.05) is 6.92 Å². The summed E-state index contributed by atoms with van der Waals surface area (Å²) in [4.78, 5) is 16.6. The number of piperazine rings is 1. The molecule has 0 amide bonds. The quantitative estimate of drug-likeness (QED) is 0.679. The molecular formula is C16H25N3O2. The molecule has 21 heavy (non-hydrogen) atoms. The molecule has 0 bridgehead atoms. The molecule has 0 spiro atoms. The van der Waals surface area contributed by atoms with Crippen LogP contribution in [0.1, 0.15) is 31.1 Å². The number of likely N-dealkylation sites (N-methyl/N-ethyl adjacent to an activating group) is 1. The van der Waals surface area contributed by atoms with Gasteiger partial charge in [-0.25, -0.2) is 4.79 Å². The normalized spacial score (nSPS) is 19.6. The monoisotopic (exact) mass is 291 g/mol. The molecule has 1 aromatic carbocycles. The van der Waals surface area contributed by atoms with Crippen LogP contribution in [0.4, 0.5) is 11.4 Å². The van der Waals surface area contributed by atoms with Crippen LogP contribution in [0.25, 0.3) is 0 Å². The number of ether oxygens (including phenoxy) is 1. The molecule has 0 aliphatic carbocycles. The van der Waals surface area contributed by atoms with Crippen molar-refractivity contribution in [1.29, 1.82) is 0 Å². The Hall–Kier alpha value is -1.75. The van der Waals surface area contributed by atoms with E-state index in [9.17, 15) is 4.79 Å². The van der Waals surface area contributed by atoms with Gasteiger partial charge in [0.1, 0.15) is 0 Å². The smallest absolute Gasteiger partial charge is 0.338 e. The fourth-order valence-electron chi connectivity index (χ4n) is 2.84. The first kappa shape index (κ1) is 15.6. The van der Waals surface area contributed by atoms with E-state index in [1.165, 1.54) is 0 Å². The van der Waals surface area contributed by atoms with Crippen molar-refractivity contribution >= 4 is 17.3 Å². The lowest BCUT2D eigenvalue weighted by Gasteiger charge is -2.41. The predicted octanol–water partition coefficient (Wildman–Crippen LogP) is 1.98. The molecule has 1 aliphatic rings. The van der Waals surface area contributed by atoms with E-state index in [1.54, 1.807) is 12.1 Å². The van der Waals surface area contributed by atoms with Crippen LogP contribution in [0.2, 0.25) is 0 Å². The summed E-state index contributed by atoms with van der Waals surface area (Å²) in [5.41, 5.74) is 8.30. The summed E-state index contributed by atoms with van der Waals surface area (Å²) in [6, 6.07) is 5.84. The van der Waals surface area contributed by atoms with Gasteiger partial charge >= 0.3 is 5.97 Å². The number of benzene rings is 1. The molecule has 1 saturated heterocycles. The van der Waals surface area contributed by atoms with E-state index in [1.807, 2.05) is 13.0 Å². The van der Waals surface area contributed by atoms with Gasteiger partial charge in [0.25, 0.3) is 0 Å². The number of nitrogens with zero attached hydrogens (tertiary/aromatic N) is 2. The molecular weight excluding hydrogens is 266 g/mol. The summed E-state index contributed by atoms with van der Waals surface area (Å²) in [5.74, 6) is -0.293. The Labute approximate surface area is 126 Å². The Bertz CT molecular complexity index is 504. The Morgan fingerprint density at radius 2 is 2.14 bits per heavy atom. The molecule has 116 valence electrons. The van der Waals surface area contributed by atoms with Crippen LogP contribution >= 0.6 is 0 Å². The van der Waals surface area contributed by atoms with E-state index >= 15 is 0 Å². The SMILES string of the molecule is CCOC(=O)c1ccc(N)c(N2CCN(CC)C(C)C2)c1. The Morgan fingerprint density at radius 1 is 1.38 bits per heavy atom. The Kier molecular flexibility index (Phi) is 5.07. The number of rotatable bonds is 4. The minimum absolute atomic E-state index is 0.293. The number of nitrogens with two attached hydrogens (primary N) is 1. The van der Waals surface area contributed by atoms with Gasteiger partial charge in [-0.05, 0) is 38.6 Å². The van der Waals surface area contributed by atoms with Gasteiger partial charge in [0.2, 0.25) is 0 Å². The minimum Gasteiger partial charge on any atom is -0.462 e. The fraction of sp³-hybridized carbons (Fsp3) is 0.562. The first-order valence-electron chi connectivity index (χ1n) is 7.62. The zero-order chi connectivity index (χ0) is 15.4. The van der Waals surface area contributed by atoms with Gasteiger partial charge < -0.3 is 15.4 Å². The van der Waals surface area contributed by atoms with Crippen LogP contribution in [-0.2, 0) is 4.74 Å². The van der Waals surface area contributed by atoms with Crippen molar-refractivity contribution in [2.75, 3.05) is 43.4 Å². The van der Waals surface area contributed by atoms with Crippen LogP contribution in [0, 0.1) is 0 Å². The summed E-state index contributed by atoms with van der Waals surface area (Å²) in [5, 5.41) is 0.